The van der Waals surface area contributed by atoms with E-state index >= 15 is 0 Å². The molecule has 1 saturated carbocycles. The summed E-state index contributed by atoms with van der Waals surface area (Å²) in [5, 5.41) is 15.8. The minimum atomic E-state index is -0.956. The lowest BCUT2D eigenvalue weighted by molar-refractivity contribution is -0.130. The van der Waals surface area contributed by atoms with Crippen LogP contribution in [0.25, 0.3) is 0 Å². The van der Waals surface area contributed by atoms with E-state index in [4.69, 9.17) is 9.84 Å². The standard InChI is InChI=1S/C27H35N3O4.ClH/c1-20(22-9-11-23(12-10-22)25(31)32)29-26(33)27(13-16-30(17-14-27)19-21-7-8-21)28-15-18-34-24-5-3-2-4-6-24;/h2-6,9-12,20-21,28H,7-8,13-19H2,1H3,(H,29,33)(H,31,32);1H/t20-;/m0./s1. The van der Waals surface area contributed by atoms with Gasteiger partial charge in [-0.2, -0.15) is 0 Å². The van der Waals surface area contributed by atoms with Crippen molar-refractivity contribution in [3.05, 3.63) is 65.7 Å². The minimum absolute atomic E-state index is 0. The van der Waals surface area contributed by atoms with Crippen molar-refractivity contribution in [2.75, 3.05) is 32.8 Å². The number of para-hydroxylation sites is 1. The third kappa shape index (κ3) is 7.43. The van der Waals surface area contributed by atoms with Crippen molar-refractivity contribution in [2.45, 2.75) is 44.2 Å². The molecule has 7 nitrogen and oxygen atoms in total. The normalized spacial score (nSPS) is 18.2. The Bertz CT molecular complexity index is 958. The van der Waals surface area contributed by atoms with Crippen LogP contribution in [0.2, 0.25) is 0 Å². The van der Waals surface area contributed by atoms with E-state index in [2.05, 4.69) is 15.5 Å². The van der Waals surface area contributed by atoms with Crippen molar-refractivity contribution < 1.29 is 19.4 Å². The van der Waals surface area contributed by atoms with Crippen molar-refractivity contribution in [3.8, 4) is 5.75 Å². The van der Waals surface area contributed by atoms with Crippen LogP contribution in [0, 0.1) is 5.92 Å². The number of carbonyl (C=O) groups is 2. The molecule has 2 aromatic carbocycles. The molecule has 8 heteroatoms. The molecule has 0 bridgehead atoms. The summed E-state index contributed by atoms with van der Waals surface area (Å²) in [6.45, 7) is 5.93. The lowest BCUT2D eigenvalue weighted by Gasteiger charge is -2.42. The summed E-state index contributed by atoms with van der Waals surface area (Å²) < 4.78 is 5.83. The Kier molecular flexibility index (Phi) is 9.55. The lowest BCUT2D eigenvalue weighted by Crippen LogP contribution is -2.62. The second-order valence-corrected chi connectivity index (χ2v) is 9.54. The second kappa shape index (κ2) is 12.4. The van der Waals surface area contributed by atoms with E-state index in [1.807, 2.05) is 37.3 Å². The second-order valence-electron chi connectivity index (χ2n) is 9.54. The Morgan fingerprint density at radius 1 is 1.09 bits per heavy atom. The third-order valence-corrected chi connectivity index (χ3v) is 6.94. The third-order valence-electron chi connectivity index (χ3n) is 6.94. The minimum Gasteiger partial charge on any atom is -0.492 e. The predicted molar refractivity (Wildman–Crippen MR) is 138 cm³/mol. The maximum atomic E-state index is 13.6. The fourth-order valence-corrected chi connectivity index (χ4v) is 4.58. The number of ether oxygens (including phenoxy) is 1. The molecule has 190 valence electrons. The summed E-state index contributed by atoms with van der Waals surface area (Å²) >= 11 is 0. The van der Waals surface area contributed by atoms with Crippen molar-refractivity contribution in [3.63, 3.8) is 0 Å². The highest BCUT2D eigenvalue weighted by Crippen LogP contribution is 2.32. The molecule has 35 heavy (non-hydrogen) atoms. The first-order valence-electron chi connectivity index (χ1n) is 12.2. The quantitative estimate of drug-likeness (QED) is 0.405. The average molecular weight is 502 g/mol. The highest BCUT2D eigenvalue weighted by atomic mass is 35.5. The number of nitrogens with zero attached hydrogens (tertiary/aromatic N) is 1. The number of nitrogens with one attached hydrogen (secondary N) is 2. The molecular weight excluding hydrogens is 466 g/mol. The topological polar surface area (TPSA) is 90.9 Å². The molecule has 1 aliphatic heterocycles. The molecule has 1 heterocycles. The molecule has 2 aromatic rings. The van der Waals surface area contributed by atoms with Gasteiger partial charge in [0.2, 0.25) is 5.91 Å². The smallest absolute Gasteiger partial charge is 0.335 e. The van der Waals surface area contributed by atoms with Crippen molar-refractivity contribution in [1.29, 1.82) is 0 Å². The monoisotopic (exact) mass is 501 g/mol. The number of likely N-dealkylation sites (tertiary alicyclic amines) is 1. The van der Waals surface area contributed by atoms with Gasteiger partial charge < -0.3 is 20.1 Å². The maximum absolute atomic E-state index is 13.6. The van der Waals surface area contributed by atoms with Gasteiger partial charge in [-0.25, -0.2) is 4.79 Å². The number of hydrogen-bond acceptors (Lipinski definition) is 5. The average Bonchev–Trinajstić information content (AvgIpc) is 3.67. The Balaban J connectivity index is 0.00000342. The predicted octanol–water partition coefficient (Wildman–Crippen LogP) is 3.90. The Labute approximate surface area is 213 Å². The summed E-state index contributed by atoms with van der Waals surface area (Å²) in [7, 11) is 0. The molecule has 1 saturated heterocycles. The van der Waals surface area contributed by atoms with Crippen LogP contribution in [0.1, 0.15) is 54.6 Å². The summed E-state index contributed by atoms with van der Waals surface area (Å²) in [4.78, 5) is 27.2. The molecule has 2 fully saturated rings. The van der Waals surface area contributed by atoms with Gasteiger partial charge in [0.05, 0.1) is 11.6 Å². The van der Waals surface area contributed by atoms with Crippen molar-refractivity contribution in [1.82, 2.24) is 15.5 Å². The van der Waals surface area contributed by atoms with E-state index < -0.39 is 11.5 Å². The van der Waals surface area contributed by atoms with E-state index in [-0.39, 0.29) is 29.9 Å². The van der Waals surface area contributed by atoms with E-state index in [1.54, 1.807) is 24.3 Å². The molecular formula is C27H36ClN3O4. The number of halogens is 1. The zero-order valence-corrected chi connectivity index (χ0v) is 21.1. The first kappa shape index (κ1) is 27.0. The fraction of sp³-hybridized carbons (Fsp3) is 0.481. The van der Waals surface area contributed by atoms with Gasteiger partial charge in [-0.05, 0) is 68.4 Å². The summed E-state index contributed by atoms with van der Waals surface area (Å²) in [6, 6.07) is 16.1. The molecule has 1 aliphatic carbocycles. The SMILES string of the molecule is C[C@H](NC(=O)C1(NCCOc2ccccc2)CCN(CC2CC2)CC1)c1ccc(C(=O)O)cc1.Cl. The number of hydrogen-bond donors (Lipinski definition) is 3. The van der Waals surface area contributed by atoms with Crippen LogP contribution in [0.5, 0.6) is 5.75 Å². The number of benzene rings is 2. The van der Waals surface area contributed by atoms with Gasteiger partial charge in [0.25, 0.3) is 0 Å². The Hall–Kier alpha value is -2.61. The zero-order valence-electron chi connectivity index (χ0n) is 20.2. The van der Waals surface area contributed by atoms with Gasteiger partial charge in [-0.3, -0.25) is 10.1 Å². The highest BCUT2D eigenvalue weighted by Gasteiger charge is 2.42. The molecule has 0 spiro atoms. The van der Waals surface area contributed by atoms with Gasteiger partial charge >= 0.3 is 5.97 Å². The van der Waals surface area contributed by atoms with Crippen LogP contribution in [0.15, 0.2) is 54.6 Å². The van der Waals surface area contributed by atoms with E-state index in [0.717, 1.165) is 49.7 Å². The number of amides is 1. The van der Waals surface area contributed by atoms with Crippen LogP contribution >= 0.6 is 12.4 Å². The van der Waals surface area contributed by atoms with Gasteiger partial charge in [-0.15, -0.1) is 12.4 Å². The van der Waals surface area contributed by atoms with Gasteiger partial charge in [0, 0.05) is 26.2 Å². The maximum Gasteiger partial charge on any atom is 0.335 e. The number of carboxylic acid groups (broad SMARTS) is 1. The first-order chi connectivity index (χ1) is 16.4. The van der Waals surface area contributed by atoms with Crippen LogP contribution in [-0.2, 0) is 4.79 Å². The van der Waals surface area contributed by atoms with Gasteiger partial charge in [0.1, 0.15) is 17.9 Å². The van der Waals surface area contributed by atoms with Gasteiger partial charge in [-0.1, -0.05) is 30.3 Å². The number of carbonyl (C=O) groups excluding carboxylic acids is 1. The fourth-order valence-electron chi connectivity index (χ4n) is 4.58. The number of carboxylic acids is 1. The molecule has 2 aliphatic rings. The Morgan fingerprint density at radius 2 is 1.74 bits per heavy atom. The number of piperidine rings is 1. The molecule has 1 atom stereocenters. The van der Waals surface area contributed by atoms with Crippen molar-refractivity contribution >= 4 is 24.3 Å². The Morgan fingerprint density at radius 3 is 2.34 bits per heavy atom. The van der Waals surface area contributed by atoms with Crippen LogP contribution in [-0.4, -0.2) is 60.2 Å². The lowest BCUT2D eigenvalue weighted by atomic mass is 9.85. The molecule has 0 radical (unpaired) electrons. The van der Waals surface area contributed by atoms with Crippen LogP contribution in [0.4, 0.5) is 0 Å². The summed E-state index contributed by atoms with van der Waals surface area (Å²) in [5.74, 6) is 0.693. The summed E-state index contributed by atoms with van der Waals surface area (Å²) in [5.41, 5.74) is 0.476. The van der Waals surface area contributed by atoms with E-state index in [0.29, 0.717) is 13.2 Å². The van der Waals surface area contributed by atoms with Gasteiger partial charge in [0.15, 0.2) is 0 Å². The first-order valence-corrected chi connectivity index (χ1v) is 12.2. The van der Waals surface area contributed by atoms with Crippen LogP contribution < -0.4 is 15.4 Å². The van der Waals surface area contributed by atoms with Crippen LogP contribution in [0.3, 0.4) is 0 Å². The van der Waals surface area contributed by atoms with E-state index in [1.165, 1.54) is 12.8 Å². The largest absolute Gasteiger partial charge is 0.492 e. The zero-order chi connectivity index (χ0) is 24.0. The van der Waals surface area contributed by atoms with E-state index in [9.17, 15) is 9.59 Å². The molecule has 4 rings (SSSR count). The number of rotatable bonds is 11. The molecule has 1 amide bonds. The van der Waals surface area contributed by atoms with Crippen molar-refractivity contribution in [2.24, 2.45) is 5.92 Å². The molecule has 0 unspecified atom stereocenters. The molecule has 3 N–H and O–H groups in total. The molecule has 0 aromatic heterocycles. The highest BCUT2D eigenvalue weighted by molar-refractivity contribution is 5.88. The summed E-state index contributed by atoms with van der Waals surface area (Å²) in [6.07, 6.45) is 4.16. The number of aromatic carboxylic acids is 1.